The van der Waals surface area contributed by atoms with Gasteiger partial charge in [0.15, 0.2) is 0 Å². The van der Waals surface area contributed by atoms with E-state index in [-0.39, 0.29) is 6.04 Å². The van der Waals surface area contributed by atoms with E-state index in [1.54, 1.807) is 12.3 Å². The fraction of sp³-hybridized carbons (Fsp3) is 0.214. The van der Waals surface area contributed by atoms with Crippen molar-refractivity contribution in [3.8, 4) is 0 Å². The number of nitrogens with zero attached hydrogens (tertiary/aromatic N) is 1. The molecule has 1 unspecified atom stereocenters. The van der Waals surface area contributed by atoms with Crippen LogP contribution in [0.4, 0.5) is 0 Å². The molecule has 0 spiro atoms. The Kier molecular flexibility index (Phi) is 4.59. The molecule has 0 aliphatic rings. The van der Waals surface area contributed by atoms with Gasteiger partial charge in [0.25, 0.3) is 0 Å². The molecule has 94 valence electrons. The van der Waals surface area contributed by atoms with E-state index in [9.17, 15) is 0 Å². The predicted octanol–water partition coefficient (Wildman–Crippen LogP) is 4.09. The van der Waals surface area contributed by atoms with Crippen molar-refractivity contribution in [1.29, 1.82) is 0 Å². The summed E-state index contributed by atoms with van der Waals surface area (Å²) in [5, 5.41) is 4.56. The van der Waals surface area contributed by atoms with E-state index in [1.165, 1.54) is 0 Å². The number of aromatic nitrogens is 1. The highest BCUT2D eigenvalue weighted by atomic mass is 35.5. The Hall–Kier alpha value is -1.09. The minimum atomic E-state index is 0.00917. The molecule has 0 aliphatic heterocycles. The Labute approximate surface area is 117 Å². The fourth-order valence-corrected chi connectivity index (χ4v) is 2.32. The molecule has 1 aromatic carbocycles. The van der Waals surface area contributed by atoms with Crippen molar-refractivity contribution in [2.24, 2.45) is 0 Å². The highest BCUT2D eigenvalue weighted by molar-refractivity contribution is 6.42. The van der Waals surface area contributed by atoms with Crippen LogP contribution in [0, 0.1) is 0 Å². The summed E-state index contributed by atoms with van der Waals surface area (Å²) in [7, 11) is 0. The molecule has 2 rings (SSSR count). The van der Waals surface area contributed by atoms with Gasteiger partial charge in [-0.15, -0.1) is 0 Å². The molecule has 0 amide bonds. The number of rotatable bonds is 4. The maximum Gasteiger partial charge on any atom is 0.0643 e. The van der Waals surface area contributed by atoms with Gasteiger partial charge in [0.2, 0.25) is 0 Å². The largest absolute Gasteiger partial charge is 0.306 e. The van der Waals surface area contributed by atoms with E-state index in [0.717, 1.165) is 17.7 Å². The maximum absolute atomic E-state index is 6.28. The van der Waals surface area contributed by atoms with Gasteiger partial charge in [0, 0.05) is 12.4 Å². The third-order valence-corrected chi connectivity index (χ3v) is 3.55. The van der Waals surface area contributed by atoms with Gasteiger partial charge in [0.05, 0.1) is 16.1 Å². The van der Waals surface area contributed by atoms with Gasteiger partial charge in [-0.2, -0.15) is 0 Å². The molecule has 18 heavy (non-hydrogen) atoms. The monoisotopic (exact) mass is 280 g/mol. The molecule has 0 fully saturated rings. The van der Waals surface area contributed by atoms with Gasteiger partial charge in [-0.3, -0.25) is 4.98 Å². The summed E-state index contributed by atoms with van der Waals surface area (Å²) >= 11 is 12.4. The fourth-order valence-electron chi connectivity index (χ4n) is 1.90. The van der Waals surface area contributed by atoms with Crippen LogP contribution in [0.3, 0.4) is 0 Å². The van der Waals surface area contributed by atoms with Crippen LogP contribution in [0.15, 0.2) is 42.7 Å². The molecule has 1 heterocycles. The quantitative estimate of drug-likeness (QED) is 0.913. The Bertz CT molecular complexity index is 514. The van der Waals surface area contributed by atoms with Gasteiger partial charge in [-0.25, -0.2) is 0 Å². The molecule has 1 atom stereocenters. The summed E-state index contributed by atoms with van der Waals surface area (Å²) in [5.74, 6) is 0. The lowest BCUT2D eigenvalue weighted by molar-refractivity contribution is 0.629. The lowest BCUT2D eigenvalue weighted by Gasteiger charge is -2.20. The zero-order valence-electron chi connectivity index (χ0n) is 10.0. The molecule has 0 radical (unpaired) electrons. The van der Waals surface area contributed by atoms with Crippen LogP contribution < -0.4 is 5.32 Å². The summed E-state index contributed by atoms with van der Waals surface area (Å²) in [4.78, 5) is 4.15. The summed E-state index contributed by atoms with van der Waals surface area (Å²) in [6.07, 6.45) is 3.59. The lowest BCUT2D eigenvalue weighted by Crippen LogP contribution is -2.22. The first-order chi connectivity index (χ1) is 8.74. The van der Waals surface area contributed by atoms with Crippen LogP contribution in [-0.2, 0) is 0 Å². The zero-order valence-corrected chi connectivity index (χ0v) is 11.5. The molecular weight excluding hydrogens is 267 g/mol. The third kappa shape index (κ3) is 2.83. The summed E-state index contributed by atoms with van der Waals surface area (Å²) in [5.41, 5.74) is 2.04. The van der Waals surface area contributed by atoms with Crippen LogP contribution in [0.2, 0.25) is 10.0 Å². The van der Waals surface area contributed by atoms with E-state index >= 15 is 0 Å². The van der Waals surface area contributed by atoms with Crippen LogP contribution >= 0.6 is 23.2 Å². The molecule has 0 bridgehead atoms. The molecule has 2 aromatic rings. The summed E-state index contributed by atoms with van der Waals surface area (Å²) in [6, 6.07) is 9.63. The molecule has 2 nitrogen and oxygen atoms in total. The topological polar surface area (TPSA) is 24.9 Å². The number of pyridine rings is 1. The Balaban J connectivity index is 2.45. The van der Waals surface area contributed by atoms with E-state index in [0.29, 0.717) is 10.0 Å². The van der Waals surface area contributed by atoms with Crippen molar-refractivity contribution >= 4 is 23.2 Å². The predicted molar refractivity (Wildman–Crippen MR) is 76.2 cm³/mol. The van der Waals surface area contributed by atoms with Crippen molar-refractivity contribution in [2.75, 3.05) is 6.54 Å². The average molecular weight is 281 g/mol. The van der Waals surface area contributed by atoms with E-state index in [2.05, 4.69) is 17.2 Å². The second-order valence-corrected chi connectivity index (χ2v) is 4.71. The minimum absolute atomic E-state index is 0.00917. The van der Waals surface area contributed by atoms with Crippen molar-refractivity contribution in [3.63, 3.8) is 0 Å². The van der Waals surface area contributed by atoms with Crippen LogP contribution in [-0.4, -0.2) is 11.5 Å². The molecular formula is C14H14Cl2N2. The summed E-state index contributed by atoms with van der Waals surface area (Å²) in [6.45, 7) is 2.89. The normalized spacial score (nSPS) is 12.4. The Morgan fingerprint density at radius 2 is 2.06 bits per heavy atom. The molecule has 0 saturated heterocycles. The van der Waals surface area contributed by atoms with Crippen LogP contribution in [0.5, 0.6) is 0 Å². The minimum Gasteiger partial charge on any atom is -0.306 e. The highest BCUT2D eigenvalue weighted by Gasteiger charge is 2.17. The van der Waals surface area contributed by atoms with Gasteiger partial charge in [-0.05, 0) is 29.8 Å². The first-order valence-corrected chi connectivity index (χ1v) is 6.57. The second-order valence-electron chi connectivity index (χ2n) is 3.92. The molecule has 1 N–H and O–H groups in total. The number of hydrogen-bond acceptors (Lipinski definition) is 2. The molecule has 0 aliphatic carbocycles. The van der Waals surface area contributed by atoms with Crippen molar-refractivity contribution < 1.29 is 0 Å². The molecule has 0 saturated carbocycles. The zero-order chi connectivity index (χ0) is 13.0. The first-order valence-electron chi connectivity index (χ1n) is 5.81. The Morgan fingerprint density at radius 1 is 1.22 bits per heavy atom. The van der Waals surface area contributed by atoms with E-state index < -0.39 is 0 Å². The summed E-state index contributed by atoms with van der Waals surface area (Å²) < 4.78 is 0. The van der Waals surface area contributed by atoms with Gasteiger partial charge >= 0.3 is 0 Å². The SMILES string of the molecule is CCNC(c1cccnc1)c1cccc(Cl)c1Cl. The highest BCUT2D eigenvalue weighted by Crippen LogP contribution is 2.32. The van der Waals surface area contributed by atoms with Gasteiger partial charge in [-0.1, -0.05) is 48.3 Å². The second kappa shape index (κ2) is 6.19. The van der Waals surface area contributed by atoms with Crippen molar-refractivity contribution in [3.05, 3.63) is 63.9 Å². The Morgan fingerprint density at radius 3 is 2.72 bits per heavy atom. The van der Waals surface area contributed by atoms with Crippen LogP contribution in [0.1, 0.15) is 24.1 Å². The van der Waals surface area contributed by atoms with Gasteiger partial charge in [0.1, 0.15) is 0 Å². The average Bonchev–Trinajstić information content (AvgIpc) is 2.41. The van der Waals surface area contributed by atoms with Crippen LogP contribution in [0.25, 0.3) is 0 Å². The van der Waals surface area contributed by atoms with E-state index in [4.69, 9.17) is 23.2 Å². The number of benzene rings is 1. The van der Waals surface area contributed by atoms with E-state index in [1.807, 2.05) is 30.5 Å². The third-order valence-electron chi connectivity index (χ3n) is 2.72. The first kappa shape index (κ1) is 13.3. The molecule has 4 heteroatoms. The number of hydrogen-bond donors (Lipinski definition) is 1. The standard InChI is InChI=1S/C14H14Cl2N2/c1-2-18-14(10-5-4-8-17-9-10)11-6-3-7-12(15)13(11)16/h3-9,14,18H,2H2,1H3. The van der Waals surface area contributed by atoms with Gasteiger partial charge < -0.3 is 5.32 Å². The maximum atomic E-state index is 6.28. The number of nitrogens with one attached hydrogen (secondary N) is 1. The smallest absolute Gasteiger partial charge is 0.0643 e. The van der Waals surface area contributed by atoms with Crippen molar-refractivity contribution in [2.45, 2.75) is 13.0 Å². The van der Waals surface area contributed by atoms with Crippen molar-refractivity contribution in [1.82, 2.24) is 10.3 Å². The molecule has 1 aromatic heterocycles. The lowest BCUT2D eigenvalue weighted by atomic mass is 10.00. The number of halogens is 2.